The van der Waals surface area contributed by atoms with Crippen LogP contribution < -0.4 is 5.73 Å². The lowest BCUT2D eigenvalue weighted by Crippen LogP contribution is -2.10. The van der Waals surface area contributed by atoms with Crippen LogP contribution in [0.25, 0.3) is 0 Å². The van der Waals surface area contributed by atoms with Gasteiger partial charge in [0.2, 0.25) is 0 Å². The third kappa shape index (κ3) is 2.90. The molecule has 1 unspecified atom stereocenters. The molecule has 1 heterocycles. The van der Waals surface area contributed by atoms with Crippen molar-refractivity contribution in [3.05, 3.63) is 47.8 Å². The minimum atomic E-state index is 0.292. The third-order valence-corrected chi connectivity index (χ3v) is 3.92. The summed E-state index contributed by atoms with van der Waals surface area (Å²) < 4.78 is 1.81. The van der Waals surface area contributed by atoms with Gasteiger partial charge in [0, 0.05) is 29.9 Å². The van der Waals surface area contributed by atoms with Gasteiger partial charge in [-0.25, -0.2) is 0 Å². The van der Waals surface area contributed by atoms with Crippen LogP contribution in [0, 0.1) is 6.92 Å². The van der Waals surface area contributed by atoms with E-state index in [2.05, 4.69) is 36.3 Å². The van der Waals surface area contributed by atoms with Gasteiger partial charge in [-0.15, -0.1) is 11.8 Å². The van der Waals surface area contributed by atoms with Crippen molar-refractivity contribution in [1.82, 2.24) is 9.78 Å². The summed E-state index contributed by atoms with van der Waals surface area (Å²) in [5, 5.41) is 4.47. The quantitative estimate of drug-likeness (QED) is 0.844. The Morgan fingerprint density at radius 1 is 1.41 bits per heavy atom. The molecule has 0 aliphatic carbocycles. The highest BCUT2D eigenvalue weighted by Crippen LogP contribution is 2.35. The Bertz CT molecular complexity index is 493. The van der Waals surface area contributed by atoms with Crippen LogP contribution >= 0.6 is 11.8 Å². The number of aromatic nitrogens is 2. The van der Waals surface area contributed by atoms with E-state index in [0.29, 0.717) is 11.8 Å². The third-order valence-electron chi connectivity index (χ3n) is 2.71. The highest BCUT2D eigenvalue weighted by molar-refractivity contribution is 7.99. The lowest BCUT2D eigenvalue weighted by Gasteiger charge is -2.16. The van der Waals surface area contributed by atoms with Crippen molar-refractivity contribution in [1.29, 1.82) is 0 Å². The second-order valence-electron chi connectivity index (χ2n) is 4.05. The molecule has 2 rings (SSSR count). The second-order valence-corrected chi connectivity index (χ2v) is 5.32. The average Bonchev–Trinajstić information content (AvgIpc) is 2.73. The van der Waals surface area contributed by atoms with Crippen molar-refractivity contribution >= 4 is 11.8 Å². The summed E-state index contributed by atoms with van der Waals surface area (Å²) in [6.45, 7) is 2.76. The van der Waals surface area contributed by atoms with Gasteiger partial charge in [-0.05, 0) is 18.1 Å². The molecule has 0 aliphatic rings. The Morgan fingerprint density at radius 3 is 2.76 bits per heavy atom. The number of rotatable bonds is 4. The molecule has 1 atom stereocenters. The van der Waals surface area contributed by atoms with Crippen LogP contribution in [0.5, 0.6) is 0 Å². The molecule has 3 nitrogen and oxygen atoms in total. The molecule has 0 aliphatic heterocycles. The zero-order valence-corrected chi connectivity index (χ0v) is 10.9. The Labute approximate surface area is 106 Å². The fourth-order valence-corrected chi connectivity index (χ4v) is 2.95. The SMILES string of the molecule is Cc1ccccc1C(CN)Sc1cnn(C)c1. The lowest BCUT2D eigenvalue weighted by molar-refractivity contribution is 0.766. The van der Waals surface area contributed by atoms with Crippen LogP contribution in [0.1, 0.15) is 16.4 Å². The summed E-state index contributed by atoms with van der Waals surface area (Å²) in [5.41, 5.74) is 8.48. The molecular formula is C13H17N3S. The normalized spacial score (nSPS) is 12.6. The first kappa shape index (κ1) is 12.2. The van der Waals surface area contributed by atoms with Crippen LogP contribution in [0.4, 0.5) is 0 Å². The topological polar surface area (TPSA) is 43.8 Å². The molecule has 0 saturated heterocycles. The lowest BCUT2D eigenvalue weighted by atomic mass is 10.1. The minimum absolute atomic E-state index is 0.292. The fraction of sp³-hybridized carbons (Fsp3) is 0.308. The highest BCUT2D eigenvalue weighted by atomic mass is 32.2. The number of aryl methyl sites for hydroxylation is 2. The molecule has 0 fully saturated rings. The maximum Gasteiger partial charge on any atom is 0.0626 e. The Morgan fingerprint density at radius 2 is 2.18 bits per heavy atom. The minimum Gasteiger partial charge on any atom is -0.329 e. The van der Waals surface area contributed by atoms with Crippen molar-refractivity contribution in [3.8, 4) is 0 Å². The number of hydrogen-bond donors (Lipinski definition) is 1. The van der Waals surface area contributed by atoms with Crippen molar-refractivity contribution < 1.29 is 0 Å². The van der Waals surface area contributed by atoms with E-state index < -0.39 is 0 Å². The molecule has 1 aromatic carbocycles. The monoisotopic (exact) mass is 247 g/mol. The molecule has 4 heteroatoms. The molecule has 0 saturated carbocycles. The van der Waals surface area contributed by atoms with Gasteiger partial charge >= 0.3 is 0 Å². The van der Waals surface area contributed by atoms with E-state index in [1.807, 2.05) is 24.1 Å². The van der Waals surface area contributed by atoms with Gasteiger partial charge in [-0.3, -0.25) is 4.68 Å². The van der Waals surface area contributed by atoms with Crippen molar-refractivity contribution in [2.45, 2.75) is 17.1 Å². The van der Waals surface area contributed by atoms with Crippen LogP contribution in [0.2, 0.25) is 0 Å². The van der Waals surface area contributed by atoms with Crippen molar-refractivity contribution in [2.75, 3.05) is 6.54 Å². The molecule has 0 bridgehead atoms. The number of hydrogen-bond acceptors (Lipinski definition) is 3. The zero-order valence-electron chi connectivity index (χ0n) is 10.1. The van der Waals surface area contributed by atoms with Gasteiger partial charge in [0.1, 0.15) is 0 Å². The number of nitrogens with zero attached hydrogens (tertiary/aromatic N) is 2. The first-order chi connectivity index (χ1) is 8.20. The summed E-state index contributed by atoms with van der Waals surface area (Å²) in [4.78, 5) is 1.16. The van der Waals surface area contributed by atoms with Crippen LogP contribution in [0.15, 0.2) is 41.6 Å². The van der Waals surface area contributed by atoms with E-state index in [-0.39, 0.29) is 0 Å². The maximum absolute atomic E-state index is 5.88. The van der Waals surface area contributed by atoms with Crippen LogP contribution in [-0.2, 0) is 7.05 Å². The predicted molar refractivity (Wildman–Crippen MR) is 72.0 cm³/mol. The summed E-state index contributed by atoms with van der Waals surface area (Å²) in [6.07, 6.45) is 3.90. The zero-order chi connectivity index (χ0) is 12.3. The standard InChI is InChI=1S/C13H17N3S/c1-10-5-3-4-6-12(10)13(7-14)17-11-8-15-16(2)9-11/h3-6,8-9,13H,7,14H2,1-2H3. The first-order valence-corrected chi connectivity index (χ1v) is 6.49. The maximum atomic E-state index is 5.88. The molecule has 1 aromatic heterocycles. The van der Waals surface area contributed by atoms with E-state index in [0.717, 1.165) is 4.90 Å². The predicted octanol–water partition coefficient (Wildman–Crippen LogP) is 2.52. The number of benzene rings is 1. The highest BCUT2D eigenvalue weighted by Gasteiger charge is 2.14. The number of thioether (sulfide) groups is 1. The molecule has 0 amide bonds. The summed E-state index contributed by atoms with van der Waals surface area (Å²) in [6, 6.07) is 8.40. The van der Waals surface area contributed by atoms with E-state index in [9.17, 15) is 0 Å². The van der Waals surface area contributed by atoms with Crippen LogP contribution in [0.3, 0.4) is 0 Å². The Kier molecular flexibility index (Phi) is 3.86. The van der Waals surface area contributed by atoms with Gasteiger partial charge in [-0.2, -0.15) is 5.10 Å². The number of nitrogens with two attached hydrogens (primary N) is 1. The summed E-state index contributed by atoms with van der Waals surface area (Å²) in [5.74, 6) is 0. The molecule has 0 radical (unpaired) electrons. The molecule has 17 heavy (non-hydrogen) atoms. The largest absolute Gasteiger partial charge is 0.329 e. The molecule has 0 spiro atoms. The van der Waals surface area contributed by atoms with Crippen molar-refractivity contribution in [3.63, 3.8) is 0 Å². The van der Waals surface area contributed by atoms with Crippen molar-refractivity contribution in [2.24, 2.45) is 12.8 Å². The molecule has 2 aromatic rings. The molecule has 2 N–H and O–H groups in total. The smallest absolute Gasteiger partial charge is 0.0626 e. The van der Waals surface area contributed by atoms with Gasteiger partial charge in [0.15, 0.2) is 0 Å². The summed E-state index contributed by atoms with van der Waals surface area (Å²) in [7, 11) is 1.93. The van der Waals surface area contributed by atoms with Crippen LogP contribution in [-0.4, -0.2) is 16.3 Å². The van der Waals surface area contributed by atoms with Gasteiger partial charge in [0.25, 0.3) is 0 Å². The fourth-order valence-electron chi connectivity index (χ4n) is 1.81. The Hall–Kier alpha value is -1.26. The summed E-state index contributed by atoms with van der Waals surface area (Å²) >= 11 is 1.77. The van der Waals surface area contributed by atoms with Gasteiger partial charge < -0.3 is 5.73 Å². The second kappa shape index (κ2) is 5.38. The Balaban J connectivity index is 2.20. The van der Waals surface area contributed by atoms with E-state index in [4.69, 9.17) is 5.73 Å². The molecular weight excluding hydrogens is 230 g/mol. The van der Waals surface area contributed by atoms with E-state index >= 15 is 0 Å². The average molecular weight is 247 g/mol. The van der Waals surface area contributed by atoms with E-state index in [1.165, 1.54) is 11.1 Å². The van der Waals surface area contributed by atoms with Gasteiger partial charge in [-0.1, -0.05) is 24.3 Å². The molecule has 90 valence electrons. The van der Waals surface area contributed by atoms with E-state index in [1.54, 1.807) is 11.8 Å². The first-order valence-electron chi connectivity index (χ1n) is 5.61. The van der Waals surface area contributed by atoms with Gasteiger partial charge in [0.05, 0.1) is 6.20 Å².